The molecule has 0 aromatic heterocycles. The minimum Gasteiger partial charge on any atom is -0.398 e. The van der Waals surface area contributed by atoms with Crippen molar-refractivity contribution in [2.24, 2.45) is 0 Å². The van der Waals surface area contributed by atoms with Crippen molar-refractivity contribution < 1.29 is 13.5 Å². The monoisotopic (exact) mass is 298 g/mol. The van der Waals surface area contributed by atoms with Crippen molar-refractivity contribution in [3.63, 3.8) is 0 Å². The Balaban J connectivity index is 2.31. The highest BCUT2D eigenvalue weighted by Crippen LogP contribution is 2.25. The number of nitrogens with one attached hydrogen (secondary N) is 1. The first-order valence-electron chi connectivity index (χ1n) is 6.88. The normalized spacial score (nSPS) is 23.8. The van der Waals surface area contributed by atoms with Crippen LogP contribution in [0.5, 0.6) is 0 Å². The number of anilines is 1. The molecule has 1 aromatic rings. The number of nitrogen functional groups attached to an aromatic ring is 1. The number of rotatable bonds is 3. The van der Waals surface area contributed by atoms with E-state index in [9.17, 15) is 13.5 Å². The molecule has 6 heteroatoms. The highest BCUT2D eigenvalue weighted by atomic mass is 32.2. The average molecular weight is 298 g/mol. The van der Waals surface area contributed by atoms with Crippen molar-refractivity contribution in [2.45, 2.75) is 56.6 Å². The third kappa shape index (κ3) is 3.13. The maximum Gasteiger partial charge on any atom is 0.241 e. The van der Waals surface area contributed by atoms with E-state index in [0.717, 1.165) is 18.4 Å². The summed E-state index contributed by atoms with van der Waals surface area (Å²) in [7, 11) is -3.66. The fourth-order valence-electron chi connectivity index (χ4n) is 2.64. The molecule has 0 saturated heterocycles. The van der Waals surface area contributed by atoms with E-state index < -0.39 is 22.2 Å². The van der Waals surface area contributed by atoms with Crippen molar-refractivity contribution >= 4 is 15.7 Å². The van der Waals surface area contributed by atoms with Crippen LogP contribution in [0.15, 0.2) is 17.0 Å². The number of hydrogen-bond donors (Lipinski definition) is 3. The third-order valence-corrected chi connectivity index (χ3v) is 5.49. The molecule has 4 N–H and O–H groups in total. The van der Waals surface area contributed by atoms with E-state index in [4.69, 9.17) is 5.73 Å². The lowest BCUT2D eigenvalue weighted by Crippen LogP contribution is -2.45. The second kappa shape index (κ2) is 5.71. The third-order valence-electron chi connectivity index (χ3n) is 3.87. The minimum absolute atomic E-state index is 0.202. The molecule has 1 aliphatic carbocycles. The number of aliphatic hydroxyl groups excluding tert-OH is 1. The Morgan fingerprint density at radius 2 is 1.90 bits per heavy atom. The topological polar surface area (TPSA) is 92.4 Å². The van der Waals surface area contributed by atoms with E-state index in [1.807, 2.05) is 6.92 Å². The fraction of sp³-hybridized carbons (Fsp3) is 0.571. The molecule has 5 nitrogen and oxygen atoms in total. The van der Waals surface area contributed by atoms with Gasteiger partial charge in [-0.3, -0.25) is 0 Å². The molecule has 0 radical (unpaired) electrons. The molecule has 0 aliphatic heterocycles. The predicted molar refractivity (Wildman–Crippen MR) is 78.9 cm³/mol. The molecule has 0 unspecified atom stereocenters. The lowest BCUT2D eigenvalue weighted by molar-refractivity contribution is 0.101. The Labute approximate surface area is 120 Å². The molecule has 1 aliphatic rings. The van der Waals surface area contributed by atoms with Gasteiger partial charge in [-0.2, -0.15) is 0 Å². The SMILES string of the molecule is Cc1cc(N)c(C)c(S(=O)(=O)N[C@@H]2CCCC[C@H]2O)c1. The molecule has 2 atom stereocenters. The van der Waals surface area contributed by atoms with Gasteiger partial charge < -0.3 is 10.8 Å². The van der Waals surface area contributed by atoms with E-state index >= 15 is 0 Å². The Bertz CT molecular complexity index is 599. The summed E-state index contributed by atoms with van der Waals surface area (Å²) in [5.74, 6) is 0. The summed E-state index contributed by atoms with van der Waals surface area (Å²) in [6.45, 7) is 3.50. The van der Waals surface area contributed by atoms with Gasteiger partial charge >= 0.3 is 0 Å². The molecular weight excluding hydrogens is 276 g/mol. The molecule has 20 heavy (non-hydrogen) atoms. The maximum atomic E-state index is 12.5. The predicted octanol–water partition coefficient (Wildman–Crippen LogP) is 1.47. The second-order valence-corrected chi connectivity index (χ2v) is 7.24. The van der Waals surface area contributed by atoms with E-state index in [2.05, 4.69) is 4.72 Å². The van der Waals surface area contributed by atoms with Crippen LogP contribution >= 0.6 is 0 Å². The number of nitrogens with two attached hydrogens (primary N) is 1. The van der Waals surface area contributed by atoms with Gasteiger partial charge in [-0.25, -0.2) is 13.1 Å². The maximum absolute atomic E-state index is 12.5. The van der Waals surface area contributed by atoms with Crippen LogP contribution in [0, 0.1) is 13.8 Å². The Morgan fingerprint density at radius 1 is 1.25 bits per heavy atom. The Kier molecular flexibility index (Phi) is 4.36. The van der Waals surface area contributed by atoms with Gasteiger partial charge in [0.2, 0.25) is 10.0 Å². The van der Waals surface area contributed by atoms with Gasteiger partial charge in [-0.05, 0) is 49.9 Å². The van der Waals surface area contributed by atoms with Crippen LogP contribution < -0.4 is 10.5 Å². The molecule has 0 amide bonds. The van der Waals surface area contributed by atoms with Crippen LogP contribution in [0.3, 0.4) is 0 Å². The molecule has 112 valence electrons. The van der Waals surface area contributed by atoms with E-state index in [-0.39, 0.29) is 4.90 Å². The first kappa shape index (κ1) is 15.3. The minimum atomic E-state index is -3.66. The van der Waals surface area contributed by atoms with Crippen LogP contribution in [0.2, 0.25) is 0 Å². The molecule has 0 spiro atoms. The Morgan fingerprint density at radius 3 is 2.55 bits per heavy atom. The highest BCUT2D eigenvalue weighted by Gasteiger charge is 2.29. The first-order chi connectivity index (χ1) is 9.31. The molecule has 1 aromatic carbocycles. The van der Waals surface area contributed by atoms with Gasteiger partial charge in [0.1, 0.15) is 0 Å². The summed E-state index contributed by atoms with van der Waals surface area (Å²) in [5, 5.41) is 9.91. The van der Waals surface area contributed by atoms with Crippen molar-refractivity contribution in [2.75, 3.05) is 5.73 Å². The molecule has 1 fully saturated rings. The lowest BCUT2D eigenvalue weighted by atomic mass is 9.93. The van der Waals surface area contributed by atoms with E-state index in [1.165, 1.54) is 0 Å². The van der Waals surface area contributed by atoms with Crippen LogP contribution in [0.25, 0.3) is 0 Å². The largest absolute Gasteiger partial charge is 0.398 e. The second-order valence-electron chi connectivity index (χ2n) is 5.56. The first-order valence-corrected chi connectivity index (χ1v) is 8.36. The van der Waals surface area contributed by atoms with Crippen molar-refractivity contribution in [3.05, 3.63) is 23.3 Å². The summed E-state index contributed by atoms with van der Waals surface area (Å²) < 4.78 is 27.6. The van der Waals surface area contributed by atoms with Gasteiger partial charge in [0, 0.05) is 11.7 Å². The molecule has 0 heterocycles. The number of hydrogen-bond acceptors (Lipinski definition) is 4. The standard InChI is InChI=1S/C14H22N2O3S/c1-9-7-11(15)10(2)14(8-9)20(18,19)16-12-5-3-4-6-13(12)17/h7-8,12-13,16-17H,3-6,15H2,1-2H3/t12-,13-/m1/s1. The zero-order chi connectivity index (χ0) is 14.9. The van der Waals surface area contributed by atoms with Gasteiger partial charge in [-0.15, -0.1) is 0 Å². The molecular formula is C14H22N2O3S. The summed E-state index contributed by atoms with van der Waals surface area (Å²) in [6, 6.07) is 2.96. The zero-order valence-corrected chi connectivity index (χ0v) is 12.7. The summed E-state index contributed by atoms with van der Waals surface area (Å²) in [4.78, 5) is 0.202. The number of aliphatic hydroxyl groups is 1. The quantitative estimate of drug-likeness (QED) is 0.737. The number of benzene rings is 1. The summed E-state index contributed by atoms with van der Waals surface area (Å²) >= 11 is 0. The van der Waals surface area contributed by atoms with E-state index in [1.54, 1.807) is 19.1 Å². The van der Waals surface area contributed by atoms with Crippen LogP contribution in [-0.2, 0) is 10.0 Å². The Hall–Kier alpha value is -1.11. The van der Waals surface area contributed by atoms with Crippen molar-refractivity contribution in [1.29, 1.82) is 0 Å². The average Bonchev–Trinajstić information content (AvgIpc) is 2.36. The highest BCUT2D eigenvalue weighted by molar-refractivity contribution is 7.89. The van der Waals surface area contributed by atoms with Crippen LogP contribution in [-0.4, -0.2) is 25.7 Å². The number of sulfonamides is 1. The molecule has 2 rings (SSSR count). The molecule has 0 bridgehead atoms. The van der Waals surface area contributed by atoms with E-state index in [0.29, 0.717) is 24.1 Å². The molecule has 1 saturated carbocycles. The summed E-state index contributed by atoms with van der Waals surface area (Å²) in [5.41, 5.74) is 7.66. The van der Waals surface area contributed by atoms with Gasteiger partial charge in [0.05, 0.1) is 11.0 Å². The summed E-state index contributed by atoms with van der Waals surface area (Å²) in [6.07, 6.45) is 2.57. The van der Waals surface area contributed by atoms with Gasteiger partial charge in [0.25, 0.3) is 0 Å². The van der Waals surface area contributed by atoms with Crippen LogP contribution in [0.1, 0.15) is 36.8 Å². The zero-order valence-electron chi connectivity index (χ0n) is 11.9. The van der Waals surface area contributed by atoms with Crippen molar-refractivity contribution in [3.8, 4) is 0 Å². The van der Waals surface area contributed by atoms with Gasteiger partial charge in [0.15, 0.2) is 0 Å². The number of aryl methyl sites for hydroxylation is 1. The fourth-order valence-corrected chi connectivity index (χ4v) is 4.31. The van der Waals surface area contributed by atoms with Crippen LogP contribution in [0.4, 0.5) is 5.69 Å². The smallest absolute Gasteiger partial charge is 0.241 e. The van der Waals surface area contributed by atoms with Crippen molar-refractivity contribution in [1.82, 2.24) is 4.72 Å². The van der Waals surface area contributed by atoms with Gasteiger partial charge in [-0.1, -0.05) is 12.8 Å². The lowest BCUT2D eigenvalue weighted by Gasteiger charge is -2.28.